The number of nitrogens with zero attached hydrogens (tertiary/aromatic N) is 2. The van der Waals surface area contributed by atoms with E-state index < -0.39 is 11.2 Å². The Kier molecular flexibility index (Phi) is 4.04. The summed E-state index contributed by atoms with van der Waals surface area (Å²) in [4.78, 5) is 11.6. The molecule has 2 rings (SSSR count). The molecule has 1 aliphatic rings. The summed E-state index contributed by atoms with van der Waals surface area (Å²) in [5, 5.41) is 8.14. The summed E-state index contributed by atoms with van der Waals surface area (Å²) < 4.78 is 41.9. The van der Waals surface area contributed by atoms with Crippen LogP contribution in [0, 0.1) is 5.92 Å². The van der Waals surface area contributed by atoms with E-state index in [9.17, 15) is 18.0 Å². The van der Waals surface area contributed by atoms with Crippen molar-refractivity contribution in [1.29, 1.82) is 0 Å². The summed E-state index contributed by atoms with van der Waals surface area (Å²) >= 11 is 0.438. The van der Waals surface area contributed by atoms with Gasteiger partial charge in [-0.05, 0) is 12.8 Å². The van der Waals surface area contributed by atoms with Gasteiger partial charge in [0.15, 0.2) is 0 Å². The first-order chi connectivity index (χ1) is 8.90. The molecule has 1 aromatic rings. The van der Waals surface area contributed by atoms with E-state index in [0.717, 1.165) is 0 Å². The number of rotatable bonds is 4. The van der Waals surface area contributed by atoms with Crippen LogP contribution in [-0.4, -0.2) is 29.3 Å². The molecule has 0 radical (unpaired) electrons. The molecule has 0 aromatic carbocycles. The summed E-state index contributed by atoms with van der Waals surface area (Å²) in [5.74, 6) is -0.308. The summed E-state index contributed by atoms with van der Waals surface area (Å²) in [7, 11) is 1.58. The summed E-state index contributed by atoms with van der Waals surface area (Å²) in [6, 6.07) is 0. The zero-order valence-corrected chi connectivity index (χ0v) is 10.8. The van der Waals surface area contributed by atoms with Crippen LogP contribution in [0.2, 0.25) is 0 Å². The predicted molar refractivity (Wildman–Crippen MR) is 60.3 cm³/mol. The number of nitrogens with one attached hydrogen (secondary N) is 1. The Hall–Kier alpha value is -1.22. The normalized spacial score (nSPS) is 22.9. The Bertz CT molecular complexity index is 457. The molecule has 19 heavy (non-hydrogen) atoms. The Labute approximate surface area is 111 Å². The highest BCUT2D eigenvalue weighted by Crippen LogP contribution is 2.32. The number of carbonyl (C=O) groups excluding carboxylic acids is 1. The monoisotopic (exact) mass is 295 g/mol. The van der Waals surface area contributed by atoms with Crippen molar-refractivity contribution in [2.24, 2.45) is 5.92 Å². The fraction of sp³-hybridized carbons (Fsp3) is 0.700. The quantitative estimate of drug-likeness (QED) is 0.916. The van der Waals surface area contributed by atoms with Gasteiger partial charge in [-0.2, -0.15) is 13.2 Å². The number of alkyl halides is 3. The number of ether oxygens (including phenoxy) is 1. The number of halogens is 3. The van der Waals surface area contributed by atoms with Gasteiger partial charge in [-0.1, -0.05) is 11.3 Å². The second-order valence-corrected chi connectivity index (χ2v) is 5.30. The molecule has 106 valence electrons. The van der Waals surface area contributed by atoms with Crippen LogP contribution in [0.1, 0.15) is 22.9 Å². The zero-order valence-electron chi connectivity index (χ0n) is 10.0. The van der Waals surface area contributed by atoms with Gasteiger partial charge in [-0.3, -0.25) is 4.79 Å². The number of hydrogen-bond acceptors (Lipinski definition) is 5. The highest BCUT2D eigenvalue weighted by atomic mass is 32.1. The number of amides is 1. The van der Waals surface area contributed by atoms with Crippen LogP contribution in [0.4, 0.5) is 13.2 Å². The molecule has 1 aromatic heterocycles. The van der Waals surface area contributed by atoms with Gasteiger partial charge in [0.1, 0.15) is 5.01 Å². The molecular weight excluding hydrogens is 283 g/mol. The van der Waals surface area contributed by atoms with E-state index in [1.165, 1.54) is 0 Å². The lowest BCUT2D eigenvalue weighted by Crippen LogP contribution is -2.41. The minimum absolute atomic E-state index is 0.0271. The topological polar surface area (TPSA) is 64.1 Å². The standard InChI is InChI=1S/C10H12F3N3O2S/c1-18-6-2-5(3-6)8(17)14-4-7-15-16-9(19-7)10(11,12)13/h5-6H,2-4H2,1H3,(H,14,17). The Morgan fingerprint density at radius 1 is 1.47 bits per heavy atom. The van der Waals surface area contributed by atoms with Crippen molar-refractivity contribution in [2.75, 3.05) is 7.11 Å². The lowest BCUT2D eigenvalue weighted by atomic mass is 9.81. The number of methoxy groups -OCH3 is 1. The highest BCUT2D eigenvalue weighted by molar-refractivity contribution is 7.11. The van der Waals surface area contributed by atoms with Crippen molar-refractivity contribution in [3.63, 3.8) is 0 Å². The van der Waals surface area contributed by atoms with Crippen molar-refractivity contribution < 1.29 is 22.7 Å². The van der Waals surface area contributed by atoms with Gasteiger partial charge < -0.3 is 10.1 Å². The minimum atomic E-state index is -4.49. The maximum Gasteiger partial charge on any atom is 0.445 e. The summed E-state index contributed by atoms with van der Waals surface area (Å²) in [5.41, 5.74) is 0. The van der Waals surface area contributed by atoms with Crippen molar-refractivity contribution in [3.8, 4) is 0 Å². The molecule has 0 unspecified atom stereocenters. The van der Waals surface area contributed by atoms with Crippen LogP contribution >= 0.6 is 11.3 Å². The van der Waals surface area contributed by atoms with Crippen molar-refractivity contribution >= 4 is 17.2 Å². The molecule has 5 nitrogen and oxygen atoms in total. The second-order valence-electron chi connectivity index (χ2n) is 4.24. The van der Waals surface area contributed by atoms with E-state index in [4.69, 9.17) is 4.74 Å². The molecule has 0 spiro atoms. The van der Waals surface area contributed by atoms with E-state index in [1.54, 1.807) is 7.11 Å². The first-order valence-electron chi connectivity index (χ1n) is 5.60. The van der Waals surface area contributed by atoms with Crippen LogP contribution in [0.5, 0.6) is 0 Å². The van der Waals surface area contributed by atoms with E-state index >= 15 is 0 Å². The third-order valence-corrected chi connectivity index (χ3v) is 3.89. The number of hydrogen-bond donors (Lipinski definition) is 1. The summed E-state index contributed by atoms with van der Waals surface area (Å²) in [6.07, 6.45) is -3.09. The molecular formula is C10H12F3N3O2S. The maximum atomic E-state index is 12.3. The summed E-state index contributed by atoms with van der Waals surface area (Å²) in [6.45, 7) is -0.0271. The van der Waals surface area contributed by atoms with Crippen LogP contribution in [0.3, 0.4) is 0 Å². The van der Waals surface area contributed by atoms with E-state index in [-0.39, 0.29) is 29.5 Å². The van der Waals surface area contributed by atoms with Gasteiger partial charge >= 0.3 is 6.18 Å². The number of aromatic nitrogens is 2. The van der Waals surface area contributed by atoms with E-state index in [2.05, 4.69) is 15.5 Å². The fourth-order valence-corrected chi connectivity index (χ4v) is 2.37. The average Bonchev–Trinajstić information content (AvgIpc) is 2.73. The lowest BCUT2D eigenvalue weighted by molar-refractivity contribution is -0.138. The molecule has 0 saturated heterocycles. The predicted octanol–water partition coefficient (Wildman–Crippen LogP) is 1.60. The molecule has 1 fully saturated rings. The van der Waals surface area contributed by atoms with Crippen LogP contribution < -0.4 is 5.32 Å². The lowest BCUT2D eigenvalue weighted by Gasteiger charge is -2.32. The molecule has 0 aliphatic heterocycles. The van der Waals surface area contributed by atoms with Crippen molar-refractivity contribution in [2.45, 2.75) is 31.7 Å². The molecule has 1 saturated carbocycles. The molecule has 9 heteroatoms. The molecule has 1 heterocycles. The minimum Gasteiger partial charge on any atom is -0.381 e. The third-order valence-electron chi connectivity index (χ3n) is 2.92. The van der Waals surface area contributed by atoms with Crippen LogP contribution in [0.25, 0.3) is 0 Å². The van der Waals surface area contributed by atoms with Crippen molar-refractivity contribution in [3.05, 3.63) is 10.0 Å². The van der Waals surface area contributed by atoms with E-state index in [0.29, 0.717) is 24.2 Å². The molecule has 0 atom stereocenters. The van der Waals surface area contributed by atoms with Gasteiger partial charge in [-0.15, -0.1) is 10.2 Å². The average molecular weight is 295 g/mol. The Morgan fingerprint density at radius 3 is 2.68 bits per heavy atom. The molecule has 1 N–H and O–H groups in total. The highest BCUT2D eigenvalue weighted by Gasteiger charge is 2.36. The zero-order chi connectivity index (χ0) is 14.0. The molecule has 1 amide bonds. The first-order valence-corrected chi connectivity index (χ1v) is 6.42. The first kappa shape index (κ1) is 14.2. The third kappa shape index (κ3) is 3.41. The molecule has 1 aliphatic carbocycles. The van der Waals surface area contributed by atoms with Gasteiger partial charge in [0.05, 0.1) is 12.6 Å². The fourth-order valence-electron chi connectivity index (χ4n) is 1.72. The van der Waals surface area contributed by atoms with E-state index in [1.807, 2.05) is 0 Å². The Balaban J connectivity index is 1.80. The van der Waals surface area contributed by atoms with Crippen molar-refractivity contribution in [1.82, 2.24) is 15.5 Å². The van der Waals surface area contributed by atoms with Gasteiger partial charge in [0.25, 0.3) is 0 Å². The maximum absolute atomic E-state index is 12.3. The van der Waals surface area contributed by atoms with Gasteiger partial charge in [0.2, 0.25) is 10.9 Å². The number of carbonyl (C=O) groups is 1. The van der Waals surface area contributed by atoms with Crippen LogP contribution in [-0.2, 0) is 22.3 Å². The second kappa shape index (κ2) is 5.41. The Morgan fingerprint density at radius 2 is 2.16 bits per heavy atom. The van der Waals surface area contributed by atoms with Gasteiger partial charge in [-0.25, -0.2) is 0 Å². The molecule has 0 bridgehead atoms. The van der Waals surface area contributed by atoms with Gasteiger partial charge in [0, 0.05) is 13.0 Å². The SMILES string of the molecule is COC1CC(C(=O)NCc2nnc(C(F)(F)F)s2)C1. The largest absolute Gasteiger partial charge is 0.445 e. The van der Waals surface area contributed by atoms with Crippen LogP contribution in [0.15, 0.2) is 0 Å². The smallest absolute Gasteiger partial charge is 0.381 e.